The van der Waals surface area contributed by atoms with Gasteiger partial charge < -0.3 is 20.1 Å². The summed E-state index contributed by atoms with van der Waals surface area (Å²) >= 11 is 0. The summed E-state index contributed by atoms with van der Waals surface area (Å²) in [5.41, 5.74) is 1.83. The molecule has 0 aliphatic carbocycles. The van der Waals surface area contributed by atoms with Crippen LogP contribution in [0.2, 0.25) is 0 Å². The van der Waals surface area contributed by atoms with Crippen molar-refractivity contribution in [3.63, 3.8) is 0 Å². The maximum atomic E-state index is 13.2. The Morgan fingerprint density at radius 2 is 1.43 bits per heavy atom. The second-order valence-electron chi connectivity index (χ2n) is 8.96. The fourth-order valence-electron chi connectivity index (χ4n) is 3.58. The fourth-order valence-corrected chi connectivity index (χ4v) is 3.58. The van der Waals surface area contributed by atoms with Gasteiger partial charge >= 0.3 is 12.1 Å². The van der Waals surface area contributed by atoms with Crippen molar-refractivity contribution in [1.82, 2.24) is 10.6 Å². The van der Waals surface area contributed by atoms with Gasteiger partial charge in [0.25, 0.3) is 0 Å². The highest BCUT2D eigenvalue weighted by atomic mass is 16.5. The number of esters is 1. The van der Waals surface area contributed by atoms with Gasteiger partial charge in [0.15, 0.2) is 5.78 Å². The van der Waals surface area contributed by atoms with Crippen LogP contribution in [0, 0.1) is 5.92 Å². The molecule has 0 saturated heterocycles. The Morgan fingerprint density at radius 3 is 2.03 bits per heavy atom. The molecule has 8 heteroatoms. The van der Waals surface area contributed by atoms with Crippen LogP contribution in [0.5, 0.6) is 0 Å². The molecule has 2 rings (SSSR count). The van der Waals surface area contributed by atoms with Gasteiger partial charge in [0, 0.05) is 6.08 Å². The van der Waals surface area contributed by atoms with E-state index in [2.05, 4.69) is 10.6 Å². The van der Waals surface area contributed by atoms with E-state index in [-0.39, 0.29) is 19.1 Å². The molecule has 198 valence electrons. The Kier molecular flexibility index (Phi) is 12.6. The van der Waals surface area contributed by atoms with Crippen LogP contribution < -0.4 is 10.6 Å². The van der Waals surface area contributed by atoms with E-state index in [1.165, 1.54) is 0 Å². The van der Waals surface area contributed by atoms with Gasteiger partial charge in [-0.3, -0.25) is 9.59 Å². The van der Waals surface area contributed by atoms with E-state index in [4.69, 9.17) is 9.47 Å². The van der Waals surface area contributed by atoms with E-state index in [1.54, 1.807) is 6.92 Å². The quantitative estimate of drug-likeness (QED) is 0.293. The molecule has 0 bridgehead atoms. The van der Waals surface area contributed by atoms with Crippen molar-refractivity contribution in [2.24, 2.45) is 5.92 Å². The molecule has 0 aliphatic heterocycles. The smallest absolute Gasteiger partial charge is 0.408 e. The number of hydrogen-bond donors (Lipinski definition) is 2. The van der Waals surface area contributed by atoms with E-state index in [0.29, 0.717) is 19.3 Å². The molecule has 0 saturated carbocycles. The lowest BCUT2D eigenvalue weighted by Crippen LogP contribution is -2.52. The number of alkyl carbamates (subject to hydrolysis) is 1. The molecule has 37 heavy (non-hydrogen) atoms. The molecule has 8 nitrogen and oxygen atoms in total. The van der Waals surface area contributed by atoms with Crippen molar-refractivity contribution in [3.8, 4) is 0 Å². The molecule has 0 aromatic heterocycles. The third kappa shape index (κ3) is 11.6. The summed E-state index contributed by atoms with van der Waals surface area (Å²) in [6.07, 6.45) is 2.65. The minimum absolute atomic E-state index is 0.0690. The van der Waals surface area contributed by atoms with Crippen LogP contribution in [0.3, 0.4) is 0 Å². The molecule has 0 spiro atoms. The Bertz CT molecular complexity index is 1040. The minimum atomic E-state index is -0.899. The van der Waals surface area contributed by atoms with E-state index in [9.17, 15) is 19.2 Å². The summed E-state index contributed by atoms with van der Waals surface area (Å²) in [6.45, 7) is 5.78. The standard InChI is InChI=1S/C29H36N2O6/c1-4-36-27(33)18-17-26(32)24(16-15-22-11-7-5-8-12-22)30-28(34)25(19-21(2)3)31-29(35)37-20-23-13-9-6-10-14-23/h5-14,17-18,21,24-25H,4,15-16,19-20H2,1-3H3,(H,30,34)(H,31,35)/b18-17+/t24-,25-/m0/s1. The molecular weight excluding hydrogens is 472 g/mol. The van der Waals surface area contributed by atoms with Crippen LogP contribution in [0.15, 0.2) is 72.8 Å². The number of carbonyl (C=O) groups is 4. The third-order valence-corrected chi connectivity index (χ3v) is 5.42. The lowest BCUT2D eigenvalue weighted by atomic mass is 9.99. The van der Waals surface area contributed by atoms with Crippen LogP contribution in [0.1, 0.15) is 44.7 Å². The number of ether oxygens (including phenoxy) is 2. The molecule has 0 aliphatic rings. The zero-order chi connectivity index (χ0) is 27.0. The Balaban J connectivity index is 2.09. The molecule has 0 radical (unpaired) electrons. The first-order chi connectivity index (χ1) is 17.8. The van der Waals surface area contributed by atoms with Crippen molar-refractivity contribution >= 4 is 23.8 Å². The number of aryl methyl sites for hydroxylation is 1. The normalized spacial score (nSPS) is 12.5. The first-order valence-electron chi connectivity index (χ1n) is 12.5. The number of benzene rings is 2. The lowest BCUT2D eigenvalue weighted by Gasteiger charge is -2.23. The van der Waals surface area contributed by atoms with Crippen molar-refractivity contribution in [2.75, 3.05) is 6.61 Å². The summed E-state index contributed by atoms with van der Waals surface area (Å²) in [7, 11) is 0. The maximum Gasteiger partial charge on any atom is 0.408 e. The summed E-state index contributed by atoms with van der Waals surface area (Å²) in [4.78, 5) is 50.2. The summed E-state index contributed by atoms with van der Waals surface area (Å²) in [5.74, 6) is -1.48. The summed E-state index contributed by atoms with van der Waals surface area (Å²) < 4.78 is 10.1. The van der Waals surface area contributed by atoms with Crippen LogP contribution in [0.4, 0.5) is 4.79 Å². The molecule has 2 amide bonds. The van der Waals surface area contributed by atoms with E-state index in [1.807, 2.05) is 74.5 Å². The number of carbonyl (C=O) groups excluding carboxylic acids is 4. The van der Waals surface area contributed by atoms with E-state index < -0.39 is 35.8 Å². The highest BCUT2D eigenvalue weighted by molar-refractivity contribution is 6.01. The lowest BCUT2D eigenvalue weighted by molar-refractivity contribution is -0.137. The third-order valence-electron chi connectivity index (χ3n) is 5.42. The maximum absolute atomic E-state index is 13.2. The monoisotopic (exact) mass is 508 g/mol. The zero-order valence-electron chi connectivity index (χ0n) is 21.6. The van der Waals surface area contributed by atoms with Crippen LogP contribution in [0.25, 0.3) is 0 Å². The van der Waals surface area contributed by atoms with Gasteiger partial charge in [-0.1, -0.05) is 74.5 Å². The van der Waals surface area contributed by atoms with Gasteiger partial charge in [0.05, 0.1) is 12.6 Å². The van der Waals surface area contributed by atoms with Gasteiger partial charge in [0.2, 0.25) is 5.91 Å². The number of hydrogen-bond acceptors (Lipinski definition) is 6. The van der Waals surface area contributed by atoms with Crippen molar-refractivity contribution in [2.45, 2.75) is 58.7 Å². The first-order valence-corrected chi connectivity index (χ1v) is 12.5. The average molecular weight is 509 g/mol. The number of nitrogens with one attached hydrogen (secondary N) is 2. The minimum Gasteiger partial charge on any atom is -0.463 e. The molecule has 0 heterocycles. The Labute approximate surface area is 218 Å². The predicted molar refractivity (Wildman–Crippen MR) is 140 cm³/mol. The molecule has 2 aromatic rings. The van der Waals surface area contributed by atoms with Crippen LogP contribution in [-0.2, 0) is 36.9 Å². The highest BCUT2D eigenvalue weighted by Gasteiger charge is 2.27. The molecular formula is C29H36N2O6. The number of amides is 2. The predicted octanol–water partition coefficient (Wildman–Crippen LogP) is 4.13. The molecule has 2 N–H and O–H groups in total. The van der Waals surface area contributed by atoms with Crippen LogP contribution >= 0.6 is 0 Å². The second kappa shape index (κ2) is 15.9. The van der Waals surface area contributed by atoms with Gasteiger partial charge in [-0.15, -0.1) is 0 Å². The van der Waals surface area contributed by atoms with Crippen molar-refractivity contribution in [3.05, 3.63) is 83.9 Å². The van der Waals surface area contributed by atoms with E-state index in [0.717, 1.165) is 23.3 Å². The summed E-state index contributed by atoms with van der Waals surface area (Å²) in [6, 6.07) is 17.0. The Hall–Kier alpha value is -3.94. The van der Waals surface area contributed by atoms with Crippen molar-refractivity contribution < 1.29 is 28.7 Å². The van der Waals surface area contributed by atoms with Crippen LogP contribution in [-0.4, -0.2) is 42.4 Å². The van der Waals surface area contributed by atoms with E-state index >= 15 is 0 Å². The van der Waals surface area contributed by atoms with Gasteiger partial charge in [-0.25, -0.2) is 9.59 Å². The number of ketones is 1. The van der Waals surface area contributed by atoms with Gasteiger partial charge in [-0.2, -0.15) is 0 Å². The molecule has 0 fully saturated rings. The second-order valence-corrected chi connectivity index (χ2v) is 8.96. The fraction of sp³-hybridized carbons (Fsp3) is 0.379. The molecule has 2 aromatic carbocycles. The average Bonchev–Trinajstić information content (AvgIpc) is 2.89. The molecule has 2 atom stereocenters. The first kappa shape index (κ1) is 29.3. The zero-order valence-corrected chi connectivity index (χ0v) is 21.6. The topological polar surface area (TPSA) is 111 Å². The highest BCUT2D eigenvalue weighted by Crippen LogP contribution is 2.10. The SMILES string of the molecule is CCOC(=O)/C=C/C(=O)[C@H](CCc1ccccc1)NC(=O)[C@H](CC(C)C)NC(=O)OCc1ccccc1. The molecule has 0 unspecified atom stereocenters. The largest absolute Gasteiger partial charge is 0.463 e. The number of rotatable bonds is 14. The van der Waals surface area contributed by atoms with Gasteiger partial charge in [-0.05, 0) is 49.3 Å². The Morgan fingerprint density at radius 1 is 0.811 bits per heavy atom. The summed E-state index contributed by atoms with van der Waals surface area (Å²) in [5, 5.41) is 5.39. The van der Waals surface area contributed by atoms with Crippen molar-refractivity contribution in [1.29, 1.82) is 0 Å². The van der Waals surface area contributed by atoms with Gasteiger partial charge in [0.1, 0.15) is 12.6 Å².